The number of aromatic nitrogens is 2. The highest BCUT2D eigenvalue weighted by Gasteiger charge is 2.35. The average molecular weight is 536 g/mol. The number of nitrogens with one attached hydrogen (secondary N) is 1. The van der Waals surface area contributed by atoms with Gasteiger partial charge in [-0.25, -0.2) is 0 Å². The number of nitrogens with zero attached hydrogens (tertiary/aromatic N) is 2. The van der Waals surface area contributed by atoms with Crippen molar-refractivity contribution in [3.63, 3.8) is 0 Å². The highest BCUT2D eigenvalue weighted by Crippen LogP contribution is 2.46. The van der Waals surface area contributed by atoms with Gasteiger partial charge in [0.1, 0.15) is 18.2 Å². The van der Waals surface area contributed by atoms with Gasteiger partial charge in [0.2, 0.25) is 11.8 Å². The van der Waals surface area contributed by atoms with Crippen LogP contribution in [0.4, 0.5) is 0 Å². The summed E-state index contributed by atoms with van der Waals surface area (Å²) in [4.78, 5) is 0. The molecule has 164 valence electrons. The van der Waals surface area contributed by atoms with Crippen LogP contribution in [0.2, 0.25) is 10.0 Å². The standard InChI is InChI=1S/C22H17BrCl2N4O3/c1-10-18-19(13(8-26)21(27)32-22(18)29-28-10)12-6-14(23)20(17(7-12)30-2)31-9-11-3-4-15(24)16(25)5-11/h3-7,19H,9,27H2,1-2H3,(H,28,29)/t19-/m0/s1. The van der Waals surface area contributed by atoms with Crippen molar-refractivity contribution in [3.05, 3.63) is 78.7 Å². The lowest BCUT2D eigenvalue weighted by atomic mass is 9.84. The predicted octanol–water partition coefficient (Wildman–Crippen LogP) is 5.59. The number of halogens is 3. The highest BCUT2D eigenvalue weighted by atomic mass is 79.9. The number of H-pyrrole nitrogens is 1. The average Bonchev–Trinajstić information content (AvgIpc) is 3.13. The third kappa shape index (κ3) is 3.99. The van der Waals surface area contributed by atoms with E-state index in [9.17, 15) is 5.26 Å². The molecule has 3 aromatic rings. The van der Waals surface area contributed by atoms with Crippen LogP contribution in [0.5, 0.6) is 17.4 Å². The molecule has 7 nitrogen and oxygen atoms in total. The van der Waals surface area contributed by atoms with E-state index in [2.05, 4.69) is 32.2 Å². The van der Waals surface area contributed by atoms with E-state index in [1.807, 2.05) is 25.1 Å². The van der Waals surface area contributed by atoms with Crippen molar-refractivity contribution in [2.45, 2.75) is 19.4 Å². The minimum atomic E-state index is -0.475. The fourth-order valence-corrected chi connectivity index (χ4v) is 4.46. The third-order valence-corrected chi connectivity index (χ3v) is 6.41. The van der Waals surface area contributed by atoms with E-state index in [-0.39, 0.29) is 12.5 Å². The number of nitrogens with two attached hydrogens (primary N) is 1. The third-order valence-electron chi connectivity index (χ3n) is 5.08. The molecule has 1 aliphatic heterocycles. The zero-order valence-electron chi connectivity index (χ0n) is 17.0. The lowest BCUT2D eigenvalue weighted by Gasteiger charge is -2.25. The van der Waals surface area contributed by atoms with Crippen molar-refractivity contribution < 1.29 is 14.2 Å². The van der Waals surface area contributed by atoms with Crippen LogP contribution in [0.1, 0.15) is 28.3 Å². The summed E-state index contributed by atoms with van der Waals surface area (Å²) in [5.41, 5.74) is 9.44. The van der Waals surface area contributed by atoms with Crippen LogP contribution in [0, 0.1) is 18.3 Å². The van der Waals surface area contributed by atoms with E-state index >= 15 is 0 Å². The lowest BCUT2D eigenvalue weighted by molar-refractivity contribution is 0.282. The molecule has 0 saturated heterocycles. The number of benzene rings is 2. The number of nitriles is 1. The second-order valence-electron chi connectivity index (χ2n) is 7.06. The second kappa shape index (κ2) is 8.94. The Kier molecular flexibility index (Phi) is 6.24. The number of methoxy groups -OCH3 is 1. The Labute approximate surface area is 202 Å². The summed E-state index contributed by atoms with van der Waals surface area (Å²) in [7, 11) is 1.55. The molecule has 1 aliphatic rings. The number of hydrogen-bond donors (Lipinski definition) is 2. The Bertz CT molecular complexity index is 1280. The van der Waals surface area contributed by atoms with Crippen LogP contribution in [0.3, 0.4) is 0 Å². The van der Waals surface area contributed by atoms with Gasteiger partial charge in [0, 0.05) is 11.3 Å². The molecule has 3 N–H and O–H groups in total. The van der Waals surface area contributed by atoms with Crippen molar-refractivity contribution in [3.8, 4) is 23.4 Å². The van der Waals surface area contributed by atoms with Crippen LogP contribution < -0.4 is 19.9 Å². The van der Waals surface area contributed by atoms with Gasteiger partial charge in [-0.1, -0.05) is 29.3 Å². The minimum Gasteiger partial charge on any atom is -0.493 e. The molecule has 2 aromatic carbocycles. The van der Waals surface area contributed by atoms with Gasteiger partial charge in [0.15, 0.2) is 11.5 Å². The number of fused-ring (bicyclic) bond motifs is 1. The van der Waals surface area contributed by atoms with Crippen molar-refractivity contribution in [1.29, 1.82) is 5.26 Å². The molecule has 4 rings (SSSR count). The van der Waals surface area contributed by atoms with Crippen LogP contribution in [0.15, 0.2) is 46.3 Å². The van der Waals surface area contributed by atoms with Gasteiger partial charge in [-0.05, 0) is 58.2 Å². The first kappa shape index (κ1) is 22.3. The Morgan fingerprint density at radius 2 is 2.06 bits per heavy atom. The molecular weight excluding hydrogens is 519 g/mol. The van der Waals surface area contributed by atoms with Crippen LogP contribution >= 0.6 is 39.1 Å². The summed E-state index contributed by atoms with van der Waals surface area (Å²) in [5.74, 6) is 0.885. The molecular formula is C22H17BrCl2N4O3. The maximum atomic E-state index is 9.76. The molecule has 0 spiro atoms. The van der Waals surface area contributed by atoms with Gasteiger partial charge in [0.25, 0.3) is 0 Å². The fraction of sp³-hybridized carbons (Fsp3) is 0.182. The quantitative estimate of drug-likeness (QED) is 0.441. The molecule has 10 heteroatoms. The highest BCUT2D eigenvalue weighted by molar-refractivity contribution is 9.10. The van der Waals surface area contributed by atoms with E-state index in [0.717, 1.165) is 22.4 Å². The van der Waals surface area contributed by atoms with E-state index < -0.39 is 5.92 Å². The van der Waals surface area contributed by atoms with Crippen molar-refractivity contribution in [1.82, 2.24) is 10.2 Å². The zero-order valence-corrected chi connectivity index (χ0v) is 20.1. The molecule has 0 bridgehead atoms. The molecule has 0 fully saturated rings. The number of allylic oxidation sites excluding steroid dienone is 1. The van der Waals surface area contributed by atoms with Crippen LogP contribution in [-0.2, 0) is 6.61 Å². The van der Waals surface area contributed by atoms with Gasteiger partial charge in [0.05, 0.1) is 27.5 Å². The van der Waals surface area contributed by atoms with E-state index in [0.29, 0.717) is 37.5 Å². The molecule has 0 amide bonds. The smallest absolute Gasteiger partial charge is 0.244 e. The number of hydrogen-bond acceptors (Lipinski definition) is 6. The van der Waals surface area contributed by atoms with Crippen LogP contribution in [0.25, 0.3) is 0 Å². The van der Waals surface area contributed by atoms with Crippen LogP contribution in [-0.4, -0.2) is 17.3 Å². The molecule has 32 heavy (non-hydrogen) atoms. The molecule has 0 unspecified atom stereocenters. The molecule has 0 aliphatic carbocycles. The molecule has 1 aromatic heterocycles. The van der Waals surface area contributed by atoms with Gasteiger partial charge in [-0.3, -0.25) is 5.10 Å². The van der Waals surface area contributed by atoms with Crippen molar-refractivity contribution in [2.24, 2.45) is 5.73 Å². The van der Waals surface area contributed by atoms with Gasteiger partial charge in [-0.15, -0.1) is 5.10 Å². The first-order valence-corrected chi connectivity index (χ1v) is 11.0. The summed E-state index contributed by atoms with van der Waals surface area (Å²) in [6.45, 7) is 2.11. The Hall–Kier alpha value is -2.86. The maximum absolute atomic E-state index is 9.76. The maximum Gasteiger partial charge on any atom is 0.244 e. The second-order valence-corrected chi connectivity index (χ2v) is 8.73. The van der Waals surface area contributed by atoms with E-state index in [1.165, 1.54) is 0 Å². The normalized spacial score (nSPS) is 15.1. The molecule has 0 saturated carbocycles. The SMILES string of the molecule is COc1cc([C@H]2C(C#N)=C(N)Oc3n[nH]c(C)c32)cc(Br)c1OCc1ccc(Cl)c(Cl)c1. The minimum absolute atomic E-state index is 0.0199. The number of aromatic amines is 1. The van der Waals surface area contributed by atoms with E-state index in [1.54, 1.807) is 19.2 Å². The zero-order chi connectivity index (χ0) is 23.0. The number of rotatable bonds is 5. The molecule has 0 radical (unpaired) electrons. The summed E-state index contributed by atoms with van der Waals surface area (Å²) < 4.78 is 17.8. The molecule has 1 atom stereocenters. The van der Waals surface area contributed by atoms with Crippen molar-refractivity contribution in [2.75, 3.05) is 7.11 Å². The van der Waals surface area contributed by atoms with Crippen molar-refractivity contribution >= 4 is 39.1 Å². The van der Waals surface area contributed by atoms with Gasteiger partial charge in [-0.2, -0.15) is 5.26 Å². The Morgan fingerprint density at radius 3 is 2.75 bits per heavy atom. The summed E-state index contributed by atoms with van der Waals surface area (Å²) in [5, 5.41) is 17.7. The summed E-state index contributed by atoms with van der Waals surface area (Å²) in [6, 6.07) is 11.1. The topological polar surface area (TPSA) is 106 Å². The van der Waals surface area contributed by atoms with Gasteiger partial charge >= 0.3 is 0 Å². The predicted molar refractivity (Wildman–Crippen MR) is 124 cm³/mol. The number of aryl methyl sites for hydroxylation is 1. The fourth-order valence-electron chi connectivity index (χ4n) is 3.56. The summed E-state index contributed by atoms with van der Waals surface area (Å²) in [6.07, 6.45) is 0. The first-order chi connectivity index (χ1) is 15.3. The van der Waals surface area contributed by atoms with E-state index in [4.69, 9.17) is 43.1 Å². The monoisotopic (exact) mass is 534 g/mol. The Balaban J connectivity index is 1.73. The largest absolute Gasteiger partial charge is 0.493 e. The van der Waals surface area contributed by atoms with Gasteiger partial charge < -0.3 is 19.9 Å². The molecule has 2 heterocycles. The lowest BCUT2D eigenvalue weighted by Crippen LogP contribution is -2.21. The summed E-state index contributed by atoms with van der Waals surface area (Å²) >= 11 is 15.7. The number of ether oxygens (including phenoxy) is 3. The Morgan fingerprint density at radius 1 is 1.28 bits per heavy atom. The first-order valence-electron chi connectivity index (χ1n) is 9.40.